The minimum Gasteiger partial charge on any atom is -0.497 e. The summed E-state index contributed by atoms with van der Waals surface area (Å²) < 4.78 is 12.6. The fourth-order valence-corrected chi connectivity index (χ4v) is 3.42. The molecular weight excluding hydrogens is 412 g/mol. The zero-order valence-corrected chi connectivity index (χ0v) is 17.7. The smallest absolute Gasteiger partial charge is 0.232 e. The van der Waals surface area contributed by atoms with Crippen LogP contribution in [0.2, 0.25) is 5.02 Å². The molecule has 1 aromatic heterocycles. The van der Waals surface area contributed by atoms with Crippen LogP contribution in [0, 0.1) is 0 Å². The summed E-state index contributed by atoms with van der Waals surface area (Å²) in [5.41, 5.74) is 0.576. The van der Waals surface area contributed by atoms with Gasteiger partial charge in [0, 0.05) is 12.8 Å². The van der Waals surface area contributed by atoms with Crippen molar-refractivity contribution in [2.75, 3.05) is 24.8 Å². The number of rotatable bonds is 9. The van der Waals surface area contributed by atoms with Crippen LogP contribution in [0.4, 0.5) is 5.69 Å². The molecule has 7 nitrogen and oxygen atoms in total. The number of methoxy groups -OCH3 is 1. The van der Waals surface area contributed by atoms with Gasteiger partial charge < -0.3 is 19.4 Å². The molecule has 0 aliphatic rings. The first-order valence-corrected chi connectivity index (χ1v) is 10.3. The van der Waals surface area contributed by atoms with Crippen molar-refractivity contribution in [3.8, 4) is 11.5 Å². The fraction of sp³-hybridized carbons (Fsp3) is 0.250. The minimum atomic E-state index is -0.201. The zero-order chi connectivity index (χ0) is 20.6. The molecule has 0 spiro atoms. The van der Waals surface area contributed by atoms with Crippen molar-refractivity contribution in [1.82, 2.24) is 14.8 Å². The van der Waals surface area contributed by atoms with Crippen LogP contribution in [-0.2, 0) is 18.3 Å². The molecule has 1 amide bonds. The number of carbonyl (C=O) groups excluding carboxylic acids is 1. The van der Waals surface area contributed by atoms with Crippen LogP contribution in [0.1, 0.15) is 5.82 Å². The van der Waals surface area contributed by atoms with E-state index < -0.39 is 0 Å². The Morgan fingerprint density at radius 1 is 1.14 bits per heavy atom. The monoisotopic (exact) mass is 432 g/mol. The van der Waals surface area contributed by atoms with Crippen LogP contribution in [0.5, 0.6) is 11.5 Å². The molecule has 1 N–H and O–H groups in total. The van der Waals surface area contributed by atoms with E-state index in [9.17, 15) is 4.79 Å². The normalized spacial score (nSPS) is 10.6. The summed E-state index contributed by atoms with van der Waals surface area (Å²) in [6, 6.07) is 14.5. The highest BCUT2D eigenvalue weighted by atomic mass is 35.5. The van der Waals surface area contributed by atoms with Gasteiger partial charge in [-0.05, 0) is 36.4 Å². The highest BCUT2D eigenvalue weighted by Crippen LogP contribution is 2.21. The van der Waals surface area contributed by atoms with Gasteiger partial charge in [0.25, 0.3) is 0 Å². The highest BCUT2D eigenvalue weighted by Gasteiger charge is 2.14. The second-order valence-electron chi connectivity index (χ2n) is 6.04. The van der Waals surface area contributed by atoms with E-state index in [0.717, 1.165) is 16.7 Å². The zero-order valence-electron chi connectivity index (χ0n) is 16.1. The second kappa shape index (κ2) is 10.2. The van der Waals surface area contributed by atoms with Crippen LogP contribution in [0.25, 0.3) is 0 Å². The molecule has 0 radical (unpaired) electrons. The van der Waals surface area contributed by atoms with E-state index in [1.807, 2.05) is 48.0 Å². The molecule has 0 bridgehead atoms. The van der Waals surface area contributed by atoms with Crippen molar-refractivity contribution in [3.05, 3.63) is 59.4 Å². The first-order chi connectivity index (χ1) is 14.1. The summed E-state index contributed by atoms with van der Waals surface area (Å²) in [7, 11) is 3.47. The van der Waals surface area contributed by atoms with Crippen LogP contribution in [0.15, 0.2) is 53.7 Å². The molecule has 3 rings (SSSR count). The molecule has 0 aliphatic carbocycles. The molecule has 0 saturated carbocycles. The summed E-state index contributed by atoms with van der Waals surface area (Å²) in [5, 5.41) is 12.3. The summed E-state index contributed by atoms with van der Waals surface area (Å²) in [4.78, 5) is 12.3. The Balaban J connectivity index is 1.47. The molecule has 2 aromatic carbocycles. The number of aromatic nitrogens is 3. The SMILES string of the molecule is COc1ccc(OCCSc2nnc(CC(=O)Nc3ccccc3Cl)n2C)cc1. The molecule has 0 fully saturated rings. The van der Waals surface area contributed by atoms with Gasteiger partial charge in [-0.25, -0.2) is 0 Å². The first kappa shape index (κ1) is 21.0. The van der Waals surface area contributed by atoms with Gasteiger partial charge in [-0.15, -0.1) is 10.2 Å². The van der Waals surface area contributed by atoms with Gasteiger partial charge in [-0.3, -0.25) is 4.79 Å². The van der Waals surface area contributed by atoms with Gasteiger partial charge >= 0.3 is 0 Å². The van der Waals surface area contributed by atoms with E-state index in [0.29, 0.717) is 28.9 Å². The number of hydrogen-bond donors (Lipinski definition) is 1. The van der Waals surface area contributed by atoms with Gasteiger partial charge in [-0.2, -0.15) is 0 Å². The fourth-order valence-electron chi connectivity index (χ4n) is 2.49. The molecule has 0 saturated heterocycles. The lowest BCUT2D eigenvalue weighted by atomic mass is 10.3. The predicted octanol–water partition coefficient (Wildman–Crippen LogP) is 3.83. The molecule has 0 aliphatic heterocycles. The van der Waals surface area contributed by atoms with Crippen LogP contribution in [0.3, 0.4) is 0 Å². The molecule has 29 heavy (non-hydrogen) atoms. The minimum absolute atomic E-state index is 0.109. The maximum atomic E-state index is 12.3. The van der Waals surface area contributed by atoms with E-state index in [4.69, 9.17) is 21.1 Å². The van der Waals surface area contributed by atoms with Gasteiger partial charge in [0.05, 0.1) is 30.8 Å². The maximum absolute atomic E-state index is 12.3. The van der Waals surface area contributed by atoms with Crippen molar-refractivity contribution >= 4 is 35.0 Å². The summed E-state index contributed by atoms with van der Waals surface area (Å²) >= 11 is 7.58. The van der Waals surface area contributed by atoms with E-state index in [2.05, 4.69) is 15.5 Å². The number of ether oxygens (including phenoxy) is 2. The predicted molar refractivity (Wildman–Crippen MR) is 114 cm³/mol. The number of para-hydroxylation sites is 1. The largest absolute Gasteiger partial charge is 0.497 e. The summed E-state index contributed by atoms with van der Waals surface area (Å²) in [6.45, 7) is 0.520. The highest BCUT2D eigenvalue weighted by molar-refractivity contribution is 7.99. The number of nitrogens with zero attached hydrogens (tertiary/aromatic N) is 3. The molecule has 9 heteroatoms. The number of anilines is 1. The number of amides is 1. The number of nitrogens with one attached hydrogen (secondary N) is 1. The molecule has 0 atom stereocenters. The number of benzene rings is 2. The van der Waals surface area contributed by atoms with E-state index >= 15 is 0 Å². The quantitative estimate of drug-likeness (QED) is 0.409. The Labute approximate surface area is 178 Å². The van der Waals surface area contributed by atoms with Crippen molar-refractivity contribution in [2.24, 2.45) is 7.05 Å². The number of carbonyl (C=O) groups is 1. The number of thioether (sulfide) groups is 1. The van der Waals surface area contributed by atoms with Crippen molar-refractivity contribution in [1.29, 1.82) is 0 Å². The molecular formula is C20H21ClN4O3S. The molecule has 152 valence electrons. The van der Waals surface area contributed by atoms with E-state index in [1.54, 1.807) is 19.2 Å². The molecule has 3 aromatic rings. The lowest BCUT2D eigenvalue weighted by molar-refractivity contribution is -0.115. The Hall–Kier alpha value is -2.71. The third-order valence-corrected chi connectivity index (χ3v) is 5.35. The Bertz CT molecular complexity index is 963. The van der Waals surface area contributed by atoms with E-state index in [-0.39, 0.29) is 12.3 Å². The third-order valence-electron chi connectivity index (χ3n) is 4.03. The van der Waals surface area contributed by atoms with Gasteiger partial charge in [-0.1, -0.05) is 35.5 Å². The van der Waals surface area contributed by atoms with Crippen molar-refractivity contribution in [2.45, 2.75) is 11.6 Å². The Morgan fingerprint density at radius 3 is 2.59 bits per heavy atom. The summed E-state index contributed by atoms with van der Waals surface area (Å²) in [6.07, 6.45) is 0.109. The third kappa shape index (κ3) is 5.88. The van der Waals surface area contributed by atoms with Crippen molar-refractivity contribution in [3.63, 3.8) is 0 Å². The first-order valence-electron chi connectivity index (χ1n) is 8.89. The summed E-state index contributed by atoms with van der Waals surface area (Å²) in [5.74, 6) is 2.64. The second-order valence-corrected chi connectivity index (χ2v) is 7.50. The maximum Gasteiger partial charge on any atom is 0.232 e. The Morgan fingerprint density at radius 2 is 1.86 bits per heavy atom. The standard InChI is InChI=1S/C20H21ClN4O3S/c1-25-18(13-19(26)22-17-6-4-3-5-16(17)21)23-24-20(25)29-12-11-28-15-9-7-14(27-2)8-10-15/h3-10H,11-13H2,1-2H3,(H,22,26). The average molecular weight is 433 g/mol. The average Bonchev–Trinajstić information content (AvgIpc) is 3.07. The van der Waals surface area contributed by atoms with Crippen LogP contribution >= 0.6 is 23.4 Å². The van der Waals surface area contributed by atoms with Crippen LogP contribution < -0.4 is 14.8 Å². The van der Waals surface area contributed by atoms with Crippen molar-refractivity contribution < 1.29 is 14.3 Å². The van der Waals surface area contributed by atoms with Gasteiger partial charge in [0.15, 0.2) is 5.16 Å². The van der Waals surface area contributed by atoms with Gasteiger partial charge in [0.2, 0.25) is 5.91 Å². The number of hydrogen-bond acceptors (Lipinski definition) is 6. The van der Waals surface area contributed by atoms with E-state index in [1.165, 1.54) is 11.8 Å². The van der Waals surface area contributed by atoms with Crippen LogP contribution in [-0.4, -0.2) is 40.1 Å². The Kier molecular flexibility index (Phi) is 7.37. The molecule has 0 unspecified atom stereocenters. The number of halogens is 1. The lowest BCUT2D eigenvalue weighted by Crippen LogP contribution is -2.17. The lowest BCUT2D eigenvalue weighted by Gasteiger charge is -2.08. The molecule has 1 heterocycles. The van der Waals surface area contributed by atoms with Gasteiger partial charge in [0.1, 0.15) is 17.3 Å². The topological polar surface area (TPSA) is 78.3 Å².